The Hall–Kier alpha value is -1.36. The fraction of sp³-hybridized carbons (Fsp3) is 0.667. The van der Waals surface area contributed by atoms with Crippen molar-refractivity contribution in [1.82, 2.24) is 15.1 Å². The Morgan fingerprint density at radius 1 is 1.65 bits per heavy atom. The molecule has 2 heterocycles. The van der Waals surface area contributed by atoms with Crippen LogP contribution in [0.15, 0.2) is 12.3 Å². The Bertz CT molecular complexity index is 380. The lowest BCUT2D eigenvalue weighted by Crippen LogP contribution is -2.53. The zero-order valence-corrected chi connectivity index (χ0v) is 10.4. The smallest absolute Gasteiger partial charge is 0.242 e. The van der Waals surface area contributed by atoms with E-state index in [2.05, 4.69) is 10.2 Å². The number of nitrogens with two attached hydrogens (primary N) is 1. The second-order valence-corrected chi connectivity index (χ2v) is 5.32. The van der Waals surface area contributed by atoms with Crippen molar-refractivity contribution in [3.8, 4) is 0 Å². The highest BCUT2D eigenvalue weighted by Crippen LogP contribution is 2.26. The summed E-state index contributed by atoms with van der Waals surface area (Å²) in [6.45, 7) is 5.07. The number of amides is 1. The number of hydrogen-bond donors (Lipinski definition) is 2. The van der Waals surface area contributed by atoms with Crippen LogP contribution in [-0.2, 0) is 4.79 Å². The maximum Gasteiger partial charge on any atom is 0.242 e. The van der Waals surface area contributed by atoms with E-state index in [1.165, 1.54) is 0 Å². The van der Waals surface area contributed by atoms with Gasteiger partial charge in [-0.15, -0.1) is 0 Å². The van der Waals surface area contributed by atoms with Crippen LogP contribution in [0, 0.1) is 0 Å². The third-order valence-corrected chi connectivity index (χ3v) is 3.22. The maximum atomic E-state index is 12.1. The Balaban J connectivity index is 2.05. The molecule has 1 unspecified atom stereocenters. The number of H-pyrrole nitrogens is 1. The second kappa shape index (κ2) is 4.49. The molecule has 1 amide bonds. The highest BCUT2D eigenvalue weighted by Gasteiger charge is 2.32. The van der Waals surface area contributed by atoms with Crippen LogP contribution in [0.2, 0.25) is 0 Å². The van der Waals surface area contributed by atoms with Crippen molar-refractivity contribution in [2.75, 3.05) is 13.1 Å². The molecule has 0 aromatic carbocycles. The van der Waals surface area contributed by atoms with Gasteiger partial charge in [0, 0.05) is 30.9 Å². The molecule has 1 atom stereocenters. The molecule has 1 aromatic heterocycles. The summed E-state index contributed by atoms with van der Waals surface area (Å²) < 4.78 is 0. The van der Waals surface area contributed by atoms with E-state index in [1.807, 2.05) is 11.0 Å². The van der Waals surface area contributed by atoms with Crippen LogP contribution in [-0.4, -0.2) is 39.6 Å². The van der Waals surface area contributed by atoms with Gasteiger partial charge >= 0.3 is 0 Å². The van der Waals surface area contributed by atoms with E-state index in [0.29, 0.717) is 5.92 Å². The average Bonchev–Trinajstić information content (AvgIpc) is 2.80. The standard InChI is InChI=1S/C12H20N4O/c1-12(2,13)11(17)16-7-3-4-9(8-16)10-5-6-14-15-10/h5-6,9H,3-4,7-8,13H2,1-2H3,(H,14,15). The Morgan fingerprint density at radius 3 is 3.00 bits per heavy atom. The molecule has 94 valence electrons. The minimum atomic E-state index is -0.782. The van der Waals surface area contributed by atoms with Gasteiger partial charge in [0.15, 0.2) is 0 Å². The summed E-state index contributed by atoms with van der Waals surface area (Å²) in [6.07, 6.45) is 3.87. The highest BCUT2D eigenvalue weighted by molar-refractivity contribution is 5.85. The van der Waals surface area contributed by atoms with E-state index in [1.54, 1.807) is 20.0 Å². The molecule has 0 saturated carbocycles. The maximum absolute atomic E-state index is 12.1. The van der Waals surface area contributed by atoms with Crippen molar-refractivity contribution in [3.05, 3.63) is 18.0 Å². The quantitative estimate of drug-likeness (QED) is 0.799. The Morgan fingerprint density at radius 2 is 2.41 bits per heavy atom. The summed E-state index contributed by atoms with van der Waals surface area (Å²) in [4.78, 5) is 14.0. The molecule has 1 fully saturated rings. The fourth-order valence-electron chi connectivity index (χ4n) is 2.32. The predicted molar refractivity (Wildman–Crippen MR) is 65.4 cm³/mol. The van der Waals surface area contributed by atoms with Crippen molar-refractivity contribution < 1.29 is 4.79 Å². The molecular formula is C12H20N4O. The first-order chi connectivity index (χ1) is 7.98. The average molecular weight is 236 g/mol. The molecule has 0 aliphatic carbocycles. The van der Waals surface area contributed by atoms with Gasteiger partial charge in [-0.2, -0.15) is 5.10 Å². The van der Waals surface area contributed by atoms with Crippen LogP contribution < -0.4 is 5.73 Å². The summed E-state index contributed by atoms with van der Waals surface area (Å²) in [5.74, 6) is 0.388. The van der Waals surface area contributed by atoms with Crippen LogP contribution in [0.5, 0.6) is 0 Å². The van der Waals surface area contributed by atoms with Crippen molar-refractivity contribution in [3.63, 3.8) is 0 Å². The van der Waals surface area contributed by atoms with Gasteiger partial charge in [0.1, 0.15) is 0 Å². The molecule has 0 spiro atoms. The van der Waals surface area contributed by atoms with Gasteiger partial charge in [-0.3, -0.25) is 9.89 Å². The van der Waals surface area contributed by atoms with Crippen LogP contribution in [0.25, 0.3) is 0 Å². The second-order valence-electron chi connectivity index (χ2n) is 5.32. The number of hydrogen-bond acceptors (Lipinski definition) is 3. The van der Waals surface area contributed by atoms with Crippen molar-refractivity contribution in [2.45, 2.75) is 38.1 Å². The summed E-state index contributed by atoms with van der Waals surface area (Å²) >= 11 is 0. The number of rotatable bonds is 2. The molecule has 17 heavy (non-hydrogen) atoms. The number of carbonyl (C=O) groups excluding carboxylic acids is 1. The van der Waals surface area contributed by atoms with E-state index < -0.39 is 5.54 Å². The van der Waals surface area contributed by atoms with E-state index in [4.69, 9.17) is 5.73 Å². The number of likely N-dealkylation sites (tertiary alicyclic amines) is 1. The van der Waals surface area contributed by atoms with E-state index >= 15 is 0 Å². The molecule has 0 radical (unpaired) electrons. The predicted octanol–water partition coefficient (Wildman–Crippen LogP) is 0.853. The molecule has 5 nitrogen and oxygen atoms in total. The van der Waals surface area contributed by atoms with Crippen LogP contribution in [0.4, 0.5) is 0 Å². The molecule has 1 aliphatic heterocycles. The molecule has 1 aliphatic rings. The first-order valence-electron chi connectivity index (χ1n) is 6.06. The van der Waals surface area contributed by atoms with Gasteiger partial charge in [0.2, 0.25) is 5.91 Å². The molecule has 1 saturated heterocycles. The summed E-state index contributed by atoms with van der Waals surface area (Å²) in [6, 6.07) is 1.98. The molecule has 1 aromatic rings. The summed E-state index contributed by atoms with van der Waals surface area (Å²) in [5.41, 5.74) is 6.19. The third-order valence-electron chi connectivity index (χ3n) is 3.22. The normalized spacial score (nSPS) is 21.6. The SMILES string of the molecule is CC(C)(N)C(=O)N1CCCC(c2ccn[nH]2)C1. The fourth-order valence-corrected chi connectivity index (χ4v) is 2.32. The first-order valence-corrected chi connectivity index (χ1v) is 6.06. The van der Waals surface area contributed by atoms with E-state index in [9.17, 15) is 4.79 Å². The minimum Gasteiger partial charge on any atom is -0.340 e. The zero-order valence-electron chi connectivity index (χ0n) is 10.4. The van der Waals surface area contributed by atoms with Crippen molar-refractivity contribution in [2.24, 2.45) is 5.73 Å². The number of carbonyl (C=O) groups is 1. The van der Waals surface area contributed by atoms with Gasteiger partial charge in [0.25, 0.3) is 0 Å². The molecule has 5 heteroatoms. The molecule has 3 N–H and O–H groups in total. The van der Waals surface area contributed by atoms with Crippen LogP contribution in [0.1, 0.15) is 38.3 Å². The van der Waals surface area contributed by atoms with E-state index in [0.717, 1.165) is 31.6 Å². The summed E-state index contributed by atoms with van der Waals surface area (Å²) in [5, 5.41) is 6.95. The van der Waals surface area contributed by atoms with Crippen molar-refractivity contribution >= 4 is 5.91 Å². The number of aromatic nitrogens is 2. The lowest BCUT2D eigenvalue weighted by Gasteiger charge is -2.35. The van der Waals surface area contributed by atoms with Gasteiger partial charge in [-0.05, 0) is 32.8 Å². The lowest BCUT2D eigenvalue weighted by molar-refractivity contribution is -0.137. The highest BCUT2D eigenvalue weighted by atomic mass is 16.2. The monoisotopic (exact) mass is 236 g/mol. The topological polar surface area (TPSA) is 75.0 Å². The molecular weight excluding hydrogens is 216 g/mol. The Labute approximate surface area is 101 Å². The molecule has 0 bridgehead atoms. The van der Waals surface area contributed by atoms with Gasteiger partial charge < -0.3 is 10.6 Å². The zero-order chi connectivity index (χ0) is 12.5. The lowest BCUT2D eigenvalue weighted by atomic mass is 9.93. The number of nitrogens with zero attached hydrogens (tertiary/aromatic N) is 2. The van der Waals surface area contributed by atoms with Gasteiger partial charge in [0.05, 0.1) is 5.54 Å². The van der Waals surface area contributed by atoms with Gasteiger partial charge in [-0.25, -0.2) is 0 Å². The molecule has 2 rings (SSSR count). The number of nitrogens with one attached hydrogen (secondary N) is 1. The number of piperidine rings is 1. The van der Waals surface area contributed by atoms with Crippen molar-refractivity contribution in [1.29, 1.82) is 0 Å². The van der Waals surface area contributed by atoms with Crippen LogP contribution >= 0.6 is 0 Å². The van der Waals surface area contributed by atoms with Crippen LogP contribution in [0.3, 0.4) is 0 Å². The Kier molecular flexibility index (Phi) is 3.19. The summed E-state index contributed by atoms with van der Waals surface area (Å²) in [7, 11) is 0. The number of aromatic amines is 1. The first kappa shape index (κ1) is 12.1. The van der Waals surface area contributed by atoms with E-state index in [-0.39, 0.29) is 5.91 Å². The largest absolute Gasteiger partial charge is 0.340 e. The minimum absolute atomic E-state index is 0.0294. The van der Waals surface area contributed by atoms with Gasteiger partial charge in [-0.1, -0.05) is 0 Å². The third kappa shape index (κ3) is 2.66.